The summed E-state index contributed by atoms with van der Waals surface area (Å²) in [6.07, 6.45) is 0.398. The van der Waals surface area contributed by atoms with Gasteiger partial charge in [-0.05, 0) is 32.9 Å². The third kappa shape index (κ3) is 13.2. The van der Waals surface area contributed by atoms with Gasteiger partial charge in [0, 0.05) is 30.3 Å². The second-order valence-electron chi connectivity index (χ2n) is 4.25. The monoisotopic (exact) mass is 365 g/mol. The molecule has 21 heavy (non-hydrogen) atoms. The standard InChI is InChI=1S/C12H25NO4S3.Na/c1-4-13(5-2)12(14)11(3)19-9-8-18-7-6-10-20(15,16)17;/h11H,4-10H2,1-3H3,(H,15,16,17);/q;+1/p-1. The van der Waals surface area contributed by atoms with Gasteiger partial charge in [0.2, 0.25) is 5.91 Å². The van der Waals surface area contributed by atoms with Crippen molar-refractivity contribution in [1.82, 2.24) is 4.90 Å². The first-order chi connectivity index (χ1) is 9.31. The summed E-state index contributed by atoms with van der Waals surface area (Å²) in [5, 5.41) is -0.0440. The fraction of sp³-hybridized carbons (Fsp3) is 0.917. The van der Waals surface area contributed by atoms with Crippen LogP contribution in [0, 0.1) is 0 Å². The average Bonchev–Trinajstić information content (AvgIpc) is 2.37. The van der Waals surface area contributed by atoms with Gasteiger partial charge in [0.25, 0.3) is 0 Å². The van der Waals surface area contributed by atoms with E-state index in [1.807, 2.05) is 25.7 Å². The van der Waals surface area contributed by atoms with E-state index in [4.69, 9.17) is 0 Å². The fourth-order valence-electron chi connectivity index (χ4n) is 1.59. The molecule has 0 rings (SSSR count). The van der Waals surface area contributed by atoms with Gasteiger partial charge in [-0.2, -0.15) is 11.8 Å². The minimum Gasteiger partial charge on any atom is -0.748 e. The van der Waals surface area contributed by atoms with Crippen LogP contribution in [0.5, 0.6) is 0 Å². The maximum atomic E-state index is 12.0. The van der Waals surface area contributed by atoms with E-state index in [-0.39, 0.29) is 46.5 Å². The fourth-order valence-corrected chi connectivity index (χ4v) is 4.32. The van der Waals surface area contributed by atoms with Crippen LogP contribution in [0.1, 0.15) is 27.2 Å². The van der Waals surface area contributed by atoms with Crippen LogP contribution in [0.3, 0.4) is 0 Å². The topological polar surface area (TPSA) is 77.5 Å². The Morgan fingerprint density at radius 3 is 2.24 bits per heavy atom. The summed E-state index contributed by atoms with van der Waals surface area (Å²) < 4.78 is 31.2. The van der Waals surface area contributed by atoms with E-state index in [1.165, 1.54) is 0 Å². The van der Waals surface area contributed by atoms with Crippen molar-refractivity contribution in [2.75, 3.05) is 36.1 Å². The predicted molar refractivity (Wildman–Crippen MR) is 86.4 cm³/mol. The van der Waals surface area contributed by atoms with Crippen molar-refractivity contribution in [1.29, 1.82) is 0 Å². The Bertz CT molecular complexity index is 375. The van der Waals surface area contributed by atoms with E-state index in [2.05, 4.69) is 0 Å². The molecule has 1 amide bonds. The molecule has 0 saturated heterocycles. The molecular weight excluding hydrogens is 341 g/mol. The summed E-state index contributed by atoms with van der Waals surface area (Å²) in [7, 11) is -4.08. The summed E-state index contributed by atoms with van der Waals surface area (Å²) in [6.45, 7) is 7.33. The number of hydrogen-bond acceptors (Lipinski definition) is 6. The van der Waals surface area contributed by atoms with Crippen molar-refractivity contribution in [3.63, 3.8) is 0 Å². The van der Waals surface area contributed by atoms with E-state index in [0.29, 0.717) is 12.2 Å². The van der Waals surface area contributed by atoms with Gasteiger partial charge >= 0.3 is 29.6 Å². The van der Waals surface area contributed by atoms with Crippen molar-refractivity contribution in [3.05, 3.63) is 0 Å². The second kappa shape index (κ2) is 13.5. The van der Waals surface area contributed by atoms with E-state index in [0.717, 1.165) is 24.6 Å². The molecule has 5 nitrogen and oxygen atoms in total. The molecule has 9 heteroatoms. The van der Waals surface area contributed by atoms with Crippen LogP contribution in [0.2, 0.25) is 0 Å². The number of carbonyl (C=O) groups excluding carboxylic acids is 1. The second-order valence-corrected chi connectivity index (χ2v) is 8.45. The zero-order chi connectivity index (χ0) is 15.6. The van der Waals surface area contributed by atoms with Gasteiger partial charge in [-0.15, -0.1) is 11.8 Å². The van der Waals surface area contributed by atoms with Gasteiger partial charge in [-0.25, -0.2) is 8.42 Å². The van der Waals surface area contributed by atoms with Crippen molar-refractivity contribution in [3.8, 4) is 0 Å². The van der Waals surface area contributed by atoms with Crippen molar-refractivity contribution < 1.29 is 47.3 Å². The number of carbonyl (C=O) groups is 1. The molecule has 0 N–H and O–H groups in total. The van der Waals surface area contributed by atoms with E-state index < -0.39 is 10.1 Å². The van der Waals surface area contributed by atoms with E-state index >= 15 is 0 Å². The van der Waals surface area contributed by atoms with Gasteiger partial charge in [0.1, 0.15) is 0 Å². The Hall–Kier alpha value is 1.08. The van der Waals surface area contributed by atoms with Crippen LogP contribution in [-0.2, 0) is 14.9 Å². The molecule has 120 valence electrons. The molecule has 0 aliphatic rings. The normalized spacial score (nSPS) is 12.6. The van der Waals surface area contributed by atoms with Crippen LogP contribution in [-0.4, -0.2) is 65.1 Å². The molecule has 0 bridgehead atoms. The van der Waals surface area contributed by atoms with E-state index in [9.17, 15) is 17.8 Å². The van der Waals surface area contributed by atoms with Crippen molar-refractivity contribution in [2.24, 2.45) is 0 Å². The largest absolute Gasteiger partial charge is 1.00 e. The molecular formula is C12H24NNaO4S3. The molecule has 0 aliphatic carbocycles. The first-order valence-electron chi connectivity index (χ1n) is 6.73. The molecule has 0 aliphatic heterocycles. The Morgan fingerprint density at radius 2 is 1.76 bits per heavy atom. The maximum absolute atomic E-state index is 12.0. The zero-order valence-electron chi connectivity index (χ0n) is 13.3. The summed E-state index contributed by atoms with van der Waals surface area (Å²) in [4.78, 5) is 13.8. The molecule has 0 aromatic heterocycles. The Kier molecular flexibility index (Phi) is 15.7. The number of hydrogen-bond donors (Lipinski definition) is 0. The SMILES string of the molecule is CCN(CC)C(=O)C(C)SCCSCCCS(=O)(=O)[O-].[Na+]. The maximum Gasteiger partial charge on any atom is 1.00 e. The molecule has 0 fully saturated rings. The summed E-state index contributed by atoms with van der Waals surface area (Å²) in [5.41, 5.74) is 0. The van der Waals surface area contributed by atoms with Gasteiger partial charge in [-0.3, -0.25) is 4.79 Å². The number of amides is 1. The van der Waals surface area contributed by atoms with Crippen molar-refractivity contribution in [2.45, 2.75) is 32.4 Å². The third-order valence-corrected chi connectivity index (χ3v) is 5.96. The predicted octanol–water partition coefficient (Wildman–Crippen LogP) is -1.35. The van der Waals surface area contributed by atoms with Gasteiger partial charge < -0.3 is 9.45 Å². The molecule has 1 unspecified atom stereocenters. The van der Waals surface area contributed by atoms with Crippen molar-refractivity contribution >= 4 is 39.5 Å². The average molecular weight is 366 g/mol. The minimum absolute atomic E-state index is 0. The minimum atomic E-state index is -4.08. The van der Waals surface area contributed by atoms with Gasteiger partial charge in [-0.1, -0.05) is 0 Å². The van der Waals surface area contributed by atoms with Gasteiger partial charge in [0.15, 0.2) is 0 Å². The van der Waals surface area contributed by atoms with Crippen LogP contribution in [0.25, 0.3) is 0 Å². The summed E-state index contributed by atoms with van der Waals surface area (Å²) >= 11 is 3.23. The van der Waals surface area contributed by atoms with Crippen LogP contribution < -0.4 is 29.6 Å². The first-order valence-corrected chi connectivity index (χ1v) is 10.5. The van der Waals surface area contributed by atoms with Crippen LogP contribution >= 0.6 is 23.5 Å². The molecule has 0 aromatic carbocycles. The van der Waals surface area contributed by atoms with Crippen LogP contribution in [0.15, 0.2) is 0 Å². The molecule has 1 atom stereocenters. The first kappa shape index (κ1) is 24.3. The Morgan fingerprint density at radius 1 is 1.19 bits per heavy atom. The molecule has 0 heterocycles. The smallest absolute Gasteiger partial charge is 0.748 e. The molecule has 0 saturated carbocycles. The zero-order valence-corrected chi connectivity index (χ0v) is 17.8. The van der Waals surface area contributed by atoms with Crippen LogP contribution in [0.4, 0.5) is 0 Å². The number of thioether (sulfide) groups is 2. The Labute approximate surface area is 159 Å². The summed E-state index contributed by atoms with van der Waals surface area (Å²) in [5.74, 6) is 2.26. The number of nitrogens with zero attached hydrogens (tertiary/aromatic N) is 1. The molecule has 0 aromatic rings. The number of rotatable bonds is 11. The van der Waals surface area contributed by atoms with E-state index in [1.54, 1.807) is 23.5 Å². The van der Waals surface area contributed by atoms with Gasteiger partial charge in [0.05, 0.1) is 15.4 Å². The molecule has 0 spiro atoms. The summed E-state index contributed by atoms with van der Waals surface area (Å²) in [6, 6.07) is 0. The quantitative estimate of drug-likeness (QED) is 0.256. The third-order valence-electron chi connectivity index (χ3n) is 2.70. The Balaban J connectivity index is 0. The molecule has 0 radical (unpaired) electrons.